The van der Waals surface area contributed by atoms with Crippen LogP contribution in [0.15, 0.2) is 24.3 Å². The molecule has 5 nitrogen and oxygen atoms in total. The van der Waals surface area contributed by atoms with Crippen molar-refractivity contribution in [3.05, 3.63) is 29.8 Å². The van der Waals surface area contributed by atoms with Crippen molar-refractivity contribution in [1.29, 1.82) is 0 Å². The molecule has 100 valence electrons. The first kappa shape index (κ1) is 14.3. The number of carbonyl (C=O) groups excluding carboxylic acids is 1. The molecule has 0 radical (unpaired) electrons. The maximum Gasteiger partial charge on any atom is 0.410 e. The zero-order valence-electron chi connectivity index (χ0n) is 10.9. The molecule has 0 saturated heterocycles. The van der Waals surface area contributed by atoms with Crippen LogP contribution in [-0.2, 0) is 11.3 Å². The molecule has 0 fully saturated rings. The van der Waals surface area contributed by atoms with Gasteiger partial charge in [-0.3, -0.25) is 0 Å². The molecule has 1 aromatic rings. The average Bonchev–Trinajstić information content (AvgIpc) is 2.39. The number of methoxy groups -OCH3 is 1. The second-order valence-electron chi connectivity index (χ2n) is 3.76. The number of hydrogen-bond donors (Lipinski definition) is 1. The van der Waals surface area contributed by atoms with Crippen LogP contribution in [0.2, 0.25) is 0 Å². The highest BCUT2D eigenvalue weighted by Crippen LogP contribution is 2.13. The molecule has 1 aromatic carbocycles. The van der Waals surface area contributed by atoms with Crippen molar-refractivity contribution < 1.29 is 14.3 Å². The van der Waals surface area contributed by atoms with Crippen LogP contribution >= 0.6 is 0 Å². The Balaban J connectivity index is 2.66. The molecule has 5 heteroatoms. The summed E-state index contributed by atoms with van der Waals surface area (Å²) < 4.78 is 10.1. The molecule has 2 N–H and O–H groups in total. The lowest BCUT2D eigenvalue weighted by Crippen LogP contribution is -2.35. The molecule has 1 rings (SSSR count). The van der Waals surface area contributed by atoms with Crippen molar-refractivity contribution in [2.75, 3.05) is 26.8 Å². The van der Waals surface area contributed by atoms with Crippen LogP contribution in [-0.4, -0.2) is 37.8 Å². The van der Waals surface area contributed by atoms with Crippen LogP contribution < -0.4 is 10.5 Å². The average molecular weight is 252 g/mol. The van der Waals surface area contributed by atoms with E-state index in [0.717, 1.165) is 11.3 Å². The molecule has 18 heavy (non-hydrogen) atoms. The van der Waals surface area contributed by atoms with Crippen molar-refractivity contribution in [3.63, 3.8) is 0 Å². The van der Waals surface area contributed by atoms with E-state index in [4.69, 9.17) is 15.2 Å². The summed E-state index contributed by atoms with van der Waals surface area (Å²) in [6, 6.07) is 7.56. The Morgan fingerprint density at radius 2 is 2.00 bits per heavy atom. The predicted octanol–water partition coefficient (Wildman–Crippen LogP) is 1.61. The summed E-state index contributed by atoms with van der Waals surface area (Å²) in [4.78, 5) is 13.3. The molecular weight excluding hydrogens is 232 g/mol. The zero-order valence-corrected chi connectivity index (χ0v) is 10.9. The van der Waals surface area contributed by atoms with Gasteiger partial charge in [0, 0.05) is 19.6 Å². The van der Waals surface area contributed by atoms with Gasteiger partial charge in [-0.05, 0) is 24.6 Å². The summed E-state index contributed by atoms with van der Waals surface area (Å²) in [6.07, 6.45) is -0.334. The number of carbonyl (C=O) groups is 1. The molecule has 0 aromatic heterocycles. The fourth-order valence-corrected chi connectivity index (χ4v) is 1.56. The normalized spacial score (nSPS) is 9.94. The summed E-state index contributed by atoms with van der Waals surface area (Å²) >= 11 is 0. The van der Waals surface area contributed by atoms with E-state index in [0.29, 0.717) is 26.2 Å². The van der Waals surface area contributed by atoms with Crippen LogP contribution in [0, 0.1) is 0 Å². The number of nitrogens with two attached hydrogens (primary N) is 1. The maximum atomic E-state index is 11.7. The Kier molecular flexibility index (Phi) is 6.00. The molecule has 0 aliphatic carbocycles. The van der Waals surface area contributed by atoms with Gasteiger partial charge in [0.1, 0.15) is 5.75 Å². The minimum Gasteiger partial charge on any atom is -0.497 e. The number of nitrogens with zero attached hydrogens (tertiary/aromatic N) is 1. The standard InChI is InChI=1S/C13H20N2O3/c1-3-18-13(16)15(9-8-14)10-11-4-6-12(17-2)7-5-11/h4-7H,3,8-10,14H2,1-2H3. The minimum atomic E-state index is -0.334. The van der Waals surface area contributed by atoms with Gasteiger partial charge in [0.05, 0.1) is 13.7 Å². The first-order chi connectivity index (χ1) is 8.71. The van der Waals surface area contributed by atoms with Crippen LogP contribution in [0.25, 0.3) is 0 Å². The lowest BCUT2D eigenvalue weighted by atomic mass is 10.2. The Morgan fingerprint density at radius 3 is 2.50 bits per heavy atom. The highest BCUT2D eigenvalue weighted by atomic mass is 16.6. The van der Waals surface area contributed by atoms with Gasteiger partial charge in [0.2, 0.25) is 0 Å². The lowest BCUT2D eigenvalue weighted by Gasteiger charge is -2.21. The van der Waals surface area contributed by atoms with Crippen molar-refractivity contribution >= 4 is 6.09 Å². The summed E-state index contributed by atoms with van der Waals surface area (Å²) in [6.45, 7) is 3.52. The number of ether oxygens (including phenoxy) is 2. The van der Waals surface area contributed by atoms with Crippen molar-refractivity contribution in [2.45, 2.75) is 13.5 Å². The van der Waals surface area contributed by atoms with E-state index in [1.54, 1.807) is 18.9 Å². The highest BCUT2D eigenvalue weighted by Gasteiger charge is 2.13. The van der Waals surface area contributed by atoms with Gasteiger partial charge in [-0.1, -0.05) is 12.1 Å². The van der Waals surface area contributed by atoms with E-state index in [-0.39, 0.29) is 6.09 Å². The molecule has 0 atom stereocenters. The Bertz CT molecular complexity index is 365. The topological polar surface area (TPSA) is 64.8 Å². The smallest absolute Gasteiger partial charge is 0.410 e. The van der Waals surface area contributed by atoms with Gasteiger partial charge in [-0.15, -0.1) is 0 Å². The third-order valence-corrected chi connectivity index (χ3v) is 2.46. The number of rotatable bonds is 6. The third kappa shape index (κ3) is 4.25. The number of amides is 1. The third-order valence-electron chi connectivity index (χ3n) is 2.46. The van der Waals surface area contributed by atoms with Crippen molar-refractivity contribution in [3.8, 4) is 5.75 Å². The first-order valence-electron chi connectivity index (χ1n) is 5.96. The summed E-state index contributed by atoms with van der Waals surface area (Å²) in [7, 11) is 1.62. The Morgan fingerprint density at radius 1 is 1.33 bits per heavy atom. The highest BCUT2D eigenvalue weighted by molar-refractivity contribution is 5.67. The number of benzene rings is 1. The SMILES string of the molecule is CCOC(=O)N(CCN)Cc1ccc(OC)cc1. The second-order valence-corrected chi connectivity index (χ2v) is 3.76. The molecule has 0 heterocycles. The summed E-state index contributed by atoms with van der Waals surface area (Å²) in [5, 5.41) is 0. The molecule has 0 spiro atoms. The van der Waals surface area contributed by atoms with Crippen LogP contribution in [0.3, 0.4) is 0 Å². The Hall–Kier alpha value is -1.75. The quantitative estimate of drug-likeness (QED) is 0.835. The molecule has 0 aliphatic rings. The van der Waals surface area contributed by atoms with E-state index in [2.05, 4.69) is 0 Å². The first-order valence-corrected chi connectivity index (χ1v) is 5.96. The van der Waals surface area contributed by atoms with E-state index in [1.165, 1.54) is 0 Å². The van der Waals surface area contributed by atoms with Crippen LogP contribution in [0.4, 0.5) is 4.79 Å². The Labute approximate surface area is 107 Å². The summed E-state index contributed by atoms with van der Waals surface area (Å²) in [5.41, 5.74) is 6.50. The minimum absolute atomic E-state index is 0.334. The van der Waals surface area contributed by atoms with Crippen LogP contribution in [0.5, 0.6) is 5.75 Å². The molecule has 0 saturated carbocycles. The lowest BCUT2D eigenvalue weighted by molar-refractivity contribution is 0.106. The molecule has 0 unspecified atom stereocenters. The molecule has 0 aliphatic heterocycles. The van der Waals surface area contributed by atoms with E-state index in [1.807, 2.05) is 24.3 Å². The van der Waals surface area contributed by atoms with E-state index in [9.17, 15) is 4.79 Å². The van der Waals surface area contributed by atoms with E-state index < -0.39 is 0 Å². The molecule has 1 amide bonds. The van der Waals surface area contributed by atoms with Gasteiger partial charge >= 0.3 is 6.09 Å². The monoisotopic (exact) mass is 252 g/mol. The fraction of sp³-hybridized carbons (Fsp3) is 0.462. The van der Waals surface area contributed by atoms with Gasteiger partial charge in [0.15, 0.2) is 0 Å². The van der Waals surface area contributed by atoms with Gasteiger partial charge in [-0.25, -0.2) is 4.79 Å². The van der Waals surface area contributed by atoms with Crippen molar-refractivity contribution in [1.82, 2.24) is 4.90 Å². The zero-order chi connectivity index (χ0) is 13.4. The molecule has 0 bridgehead atoms. The van der Waals surface area contributed by atoms with E-state index >= 15 is 0 Å². The molecular formula is C13H20N2O3. The predicted molar refractivity (Wildman–Crippen MR) is 69.5 cm³/mol. The van der Waals surface area contributed by atoms with Crippen LogP contribution in [0.1, 0.15) is 12.5 Å². The van der Waals surface area contributed by atoms with Gasteiger partial charge in [0.25, 0.3) is 0 Å². The van der Waals surface area contributed by atoms with Gasteiger partial charge < -0.3 is 20.1 Å². The fourth-order valence-electron chi connectivity index (χ4n) is 1.56. The number of hydrogen-bond acceptors (Lipinski definition) is 4. The second kappa shape index (κ2) is 7.55. The van der Waals surface area contributed by atoms with Gasteiger partial charge in [-0.2, -0.15) is 0 Å². The van der Waals surface area contributed by atoms with Crippen molar-refractivity contribution in [2.24, 2.45) is 5.73 Å². The summed E-state index contributed by atoms with van der Waals surface area (Å²) in [5.74, 6) is 0.792. The largest absolute Gasteiger partial charge is 0.497 e. The maximum absolute atomic E-state index is 11.7.